The molecule has 0 spiro atoms. The van der Waals surface area contributed by atoms with Crippen molar-refractivity contribution in [1.82, 2.24) is 0 Å². The van der Waals surface area contributed by atoms with Crippen LogP contribution in [0, 0.1) is 0 Å². The van der Waals surface area contributed by atoms with Gasteiger partial charge in [-0.05, 0) is 18.5 Å². The molecule has 0 saturated heterocycles. The summed E-state index contributed by atoms with van der Waals surface area (Å²) in [7, 11) is -0.817. The molecule has 0 aliphatic heterocycles. The average molecular weight is 381 g/mol. The van der Waals surface area contributed by atoms with Crippen LogP contribution < -0.4 is 15.9 Å². The predicted molar refractivity (Wildman–Crippen MR) is 112 cm³/mol. The van der Waals surface area contributed by atoms with Crippen molar-refractivity contribution < 1.29 is 0 Å². The maximum atomic E-state index is 6.85. The van der Waals surface area contributed by atoms with Gasteiger partial charge in [-0.3, -0.25) is 0 Å². The van der Waals surface area contributed by atoms with E-state index in [1.165, 1.54) is 10.6 Å². The van der Waals surface area contributed by atoms with Gasteiger partial charge in [0, 0.05) is 16.4 Å². The highest BCUT2D eigenvalue weighted by atomic mass is 35.5. The first kappa shape index (κ1) is 16.6. The van der Waals surface area contributed by atoms with Crippen LogP contribution in [0.25, 0.3) is 11.1 Å². The number of hydrogen-bond donors (Lipinski definition) is 0. The standard InChI is InChI=1S/C22H15Cl2P/c23-20-18-14-8-3-9-15-19(18)21(24)22(20)25(16-10-4-1-5-11-16)17-12-6-2-7-13-17/h1-15H. The Morgan fingerprint density at radius 2 is 0.840 bits per heavy atom. The zero-order valence-corrected chi connectivity index (χ0v) is 15.8. The van der Waals surface area contributed by atoms with Gasteiger partial charge in [0.05, 0.1) is 10.0 Å². The maximum Gasteiger partial charge on any atom is 0.0583 e. The summed E-state index contributed by atoms with van der Waals surface area (Å²) in [5.41, 5.74) is 2.01. The van der Waals surface area contributed by atoms with Crippen molar-refractivity contribution in [2.24, 2.45) is 0 Å². The fraction of sp³-hybridized carbons (Fsp3) is 0. The van der Waals surface area contributed by atoms with Crippen LogP contribution in [0.1, 0.15) is 0 Å². The van der Waals surface area contributed by atoms with Crippen molar-refractivity contribution in [1.29, 1.82) is 0 Å². The molecule has 2 aromatic rings. The minimum absolute atomic E-state index is 0.759. The molecule has 2 aromatic carbocycles. The van der Waals surface area contributed by atoms with E-state index in [1.807, 2.05) is 42.5 Å². The summed E-state index contributed by atoms with van der Waals surface area (Å²) >= 11 is 13.7. The summed E-state index contributed by atoms with van der Waals surface area (Å²) in [5.74, 6) is 0. The zero-order chi connectivity index (χ0) is 17.2. The Kier molecular flexibility index (Phi) is 4.77. The van der Waals surface area contributed by atoms with Crippen molar-refractivity contribution in [3.05, 3.63) is 101 Å². The Labute approximate surface area is 159 Å². The fourth-order valence-corrected chi connectivity index (χ4v) is 6.50. The van der Waals surface area contributed by atoms with Crippen LogP contribution in [-0.2, 0) is 0 Å². The van der Waals surface area contributed by atoms with Crippen LogP contribution in [0.2, 0.25) is 10.0 Å². The minimum atomic E-state index is -0.817. The molecule has 0 bridgehead atoms. The number of hydrogen-bond acceptors (Lipinski definition) is 0. The third-order valence-corrected chi connectivity index (χ3v) is 7.75. The molecule has 25 heavy (non-hydrogen) atoms. The van der Waals surface area contributed by atoms with E-state index in [-0.39, 0.29) is 0 Å². The molecule has 4 rings (SSSR count). The lowest BCUT2D eigenvalue weighted by Gasteiger charge is -2.19. The lowest BCUT2D eigenvalue weighted by molar-refractivity contribution is 1.75. The SMILES string of the molecule is Clc1c2cccccc-2c(Cl)c1P(c1ccccc1)c1ccccc1. The Morgan fingerprint density at radius 1 is 0.480 bits per heavy atom. The molecule has 0 radical (unpaired) electrons. The van der Waals surface area contributed by atoms with Gasteiger partial charge in [-0.25, -0.2) is 0 Å². The summed E-state index contributed by atoms with van der Waals surface area (Å²) in [6.45, 7) is 0. The molecule has 0 amide bonds. The van der Waals surface area contributed by atoms with Crippen molar-refractivity contribution in [3.8, 4) is 11.1 Å². The van der Waals surface area contributed by atoms with Gasteiger partial charge in [-0.2, -0.15) is 0 Å². The van der Waals surface area contributed by atoms with Gasteiger partial charge in [0.15, 0.2) is 0 Å². The third-order valence-electron chi connectivity index (χ3n) is 4.18. The highest BCUT2D eigenvalue weighted by Crippen LogP contribution is 2.46. The average Bonchev–Trinajstić information content (AvgIpc) is 2.84. The number of fused-ring (bicyclic) bond motifs is 1. The first-order valence-corrected chi connectivity index (χ1v) is 10.1. The lowest BCUT2D eigenvalue weighted by atomic mass is 10.2. The van der Waals surface area contributed by atoms with Crippen molar-refractivity contribution in [2.75, 3.05) is 0 Å². The molecule has 0 aromatic heterocycles. The molecule has 2 aliphatic carbocycles. The topological polar surface area (TPSA) is 0 Å². The van der Waals surface area contributed by atoms with Gasteiger partial charge < -0.3 is 0 Å². The minimum Gasteiger partial charge on any atom is -0.0829 e. The van der Waals surface area contributed by atoms with E-state index in [9.17, 15) is 0 Å². The van der Waals surface area contributed by atoms with E-state index in [0.717, 1.165) is 26.5 Å². The molecule has 3 heteroatoms. The highest BCUT2D eigenvalue weighted by Gasteiger charge is 2.28. The van der Waals surface area contributed by atoms with Gasteiger partial charge >= 0.3 is 0 Å². The van der Waals surface area contributed by atoms with E-state index < -0.39 is 7.92 Å². The fourth-order valence-electron chi connectivity index (χ4n) is 3.04. The second-order valence-electron chi connectivity index (χ2n) is 5.72. The summed E-state index contributed by atoms with van der Waals surface area (Å²) in [4.78, 5) is 0. The molecule has 122 valence electrons. The first-order chi connectivity index (χ1) is 12.3. The second-order valence-corrected chi connectivity index (χ2v) is 8.63. The number of benzene rings is 2. The summed E-state index contributed by atoms with van der Waals surface area (Å²) in [6, 6.07) is 31.0. The monoisotopic (exact) mass is 380 g/mol. The molecular formula is C22H15Cl2P. The van der Waals surface area contributed by atoms with Crippen LogP contribution in [-0.4, -0.2) is 0 Å². The molecule has 0 atom stereocenters. The highest BCUT2D eigenvalue weighted by molar-refractivity contribution is 7.80. The second kappa shape index (κ2) is 7.18. The molecule has 0 N–H and O–H groups in total. The van der Waals surface area contributed by atoms with Gasteiger partial charge in [0.25, 0.3) is 0 Å². The van der Waals surface area contributed by atoms with Gasteiger partial charge in [-0.15, -0.1) is 0 Å². The molecule has 2 aliphatic rings. The molecule has 0 saturated carbocycles. The van der Waals surface area contributed by atoms with E-state index in [1.54, 1.807) is 0 Å². The lowest BCUT2D eigenvalue weighted by Crippen LogP contribution is -2.20. The molecule has 0 unspecified atom stereocenters. The zero-order valence-electron chi connectivity index (χ0n) is 13.4. The summed E-state index contributed by atoms with van der Waals surface area (Å²) in [6.07, 6.45) is 0. The van der Waals surface area contributed by atoms with Gasteiger partial charge in [0.2, 0.25) is 0 Å². The molecular weight excluding hydrogens is 366 g/mol. The quantitative estimate of drug-likeness (QED) is 0.390. The number of halogens is 2. The number of rotatable bonds is 3. The van der Waals surface area contributed by atoms with Crippen molar-refractivity contribution >= 4 is 47.0 Å². The Bertz CT molecular complexity index is 891. The molecule has 0 fully saturated rings. The predicted octanol–water partition coefficient (Wildman–Crippen LogP) is 5.86. The summed E-state index contributed by atoms with van der Waals surface area (Å²) in [5, 5.41) is 5.04. The van der Waals surface area contributed by atoms with Crippen LogP contribution in [0.15, 0.2) is 91.0 Å². The van der Waals surface area contributed by atoms with Gasteiger partial charge in [0.1, 0.15) is 0 Å². The first-order valence-electron chi connectivity index (χ1n) is 8.03. The van der Waals surface area contributed by atoms with E-state index in [4.69, 9.17) is 23.2 Å². The maximum absolute atomic E-state index is 6.85. The van der Waals surface area contributed by atoms with E-state index >= 15 is 0 Å². The van der Waals surface area contributed by atoms with Crippen LogP contribution in [0.4, 0.5) is 0 Å². The van der Waals surface area contributed by atoms with Crippen LogP contribution >= 0.6 is 31.1 Å². The largest absolute Gasteiger partial charge is 0.0829 e. The molecule has 0 heterocycles. The van der Waals surface area contributed by atoms with Crippen molar-refractivity contribution in [3.63, 3.8) is 0 Å². The van der Waals surface area contributed by atoms with Gasteiger partial charge in [-0.1, -0.05) is 114 Å². The summed E-state index contributed by atoms with van der Waals surface area (Å²) < 4.78 is 0. The van der Waals surface area contributed by atoms with Crippen LogP contribution in [0.5, 0.6) is 0 Å². The Balaban J connectivity index is 2.02. The molecule has 0 nitrogen and oxygen atoms in total. The van der Waals surface area contributed by atoms with Crippen LogP contribution in [0.3, 0.4) is 0 Å². The van der Waals surface area contributed by atoms with Crippen molar-refractivity contribution in [2.45, 2.75) is 0 Å². The third kappa shape index (κ3) is 3.07. The normalized spacial score (nSPS) is 11.2. The van der Waals surface area contributed by atoms with E-state index in [0.29, 0.717) is 0 Å². The Morgan fingerprint density at radius 3 is 1.24 bits per heavy atom. The van der Waals surface area contributed by atoms with E-state index in [2.05, 4.69) is 48.5 Å². The Hall–Kier alpha value is -1.85. The smallest absolute Gasteiger partial charge is 0.0583 e.